The van der Waals surface area contributed by atoms with Gasteiger partial charge in [-0.05, 0) is 29.0 Å². The van der Waals surface area contributed by atoms with Gasteiger partial charge in [0.05, 0.1) is 30.3 Å². The second-order valence-corrected chi connectivity index (χ2v) is 7.82. The number of aromatic nitrogens is 2. The van der Waals surface area contributed by atoms with E-state index in [9.17, 15) is 14.4 Å². The van der Waals surface area contributed by atoms with Crippen molar-refractivity contribution in [2.24, 2.45) is 5.10 Å². The van der Waals surface area contributed by atoms with Crippen LogP contribution in [0.25, 0.3) is 21.7 Å². The molecule has 34 heavy (non-hydrogen) atoms. The largest absolute Gasteiger partial charge is 0.483 e. The van der Waals surface area contributed by atoms with E-state index >= 15 is 0 Å². The number of nitrogens with one attached hydrogen (secondary N) is 1. The Labute approximate surface area is 193 Å². The van der Waals surface area contributed by atoms with E-state index < -0.39 is 11.2 Å². The van der Waals surface area contributed by atoms with Crippen LogP contribution in [-0.2, 0) is 9.53 Å². The molecular weight excluding hydrogens is 436 g/mol. The average Bonchev–Trinajstić information content (AvgIpc) is 2.88. The van der Waals surface area contributed by atoms with Crippen LogP contribution in [0.1, 0.15) is 5.56 Å². The maximum atomic E-state index is 12.8. The van der Waals surface area contributed by atoms with E-state index in [1.807, 2.05) is 30.3 Å². The van der Waals surface area contributed by atoms with Crippen LogP contribution in [0.3, 0.4) is 0 Å². The van der Waals surface area contributed by atoms with Crippen LogP contribution in [0.15, 0.2) is 75.4 Å². The molecule has 1 aliphatic heterocycles. The van der Waals surface area contributed by atoms with E-state index in [2.05, 4.69) is 10.1 Å². The van der Waals surface area contributed by atoms with Crippen molar-refractivity contribution in [2.45, 2.75) is 0 Å². The molecule has 1 aromatic heterocycles. The normalized spacial score (nSPS) is 14.2. The molecule has 172 valence electrons. The zero-order valence-electron chi connectivity index (χ0n) is 18.3. The second-order valence-electron chi connectivity index (χ2n) is 7.82. The number of hydrogen-bond donors (Lipinski definition) is 1. The van der Waals surface area contributed by atoms with E-state index in [4.69, 9.17) is 9.47 Å². The number of benzene rings is 3. The number of H-pyrrole nitrogens is 1. The van der Waals surface area contributed by atoms with Crippen molar-refractivity contribution in [1.82, 2.24) is 14.6 Å². The number of hydrogen-bond acceptors (Lipinski definition) is 6. The van der Waals surface area contributed by atoms with E-state index in [1.54, 1.807) is 35.2 Å². The van der Waals surface area contributed by atoms with E-state index in [0.29, 0.717) is 48.5 Å². The minimum atomic E-state index is -0.648. The van der Waals surface area contributed by atoms with Gasteiger partial charge in [-0.3, -0.25) is 9.59 Å². The Morgan fingerprint density at radius 3 is 2.56 bits per heavy atom. The van der Waals surface area contributed by atoms with Gasteiger partial charge in [-0.15, -0.1) is 4.68 Å². The predicted molar refractivity (Wildman–Crippen MR) is 129 cm³/mol. The van der Waals surface area contributed by atoms with Crippen molar-refractivity contribution in [3.63, 3.8) is 0 Å². The minimum Gasteiger partial charge on any atom is -0.483 e. The highest BCUT2D eigenvalue weighted by atomic mass is 16.5. The van der Waals surface area contributed by atoms with Crippen LogP contribution < -0.4 is 16.0 Å². The molecule has 0 spiro atoms. The second kappa shape index (κ2) is 9.32. The zero-order chi connectivity index (χ0) is 23.5. The molecule has 0 bridgehead atoms. The quantitative estimate of drug-likeness (QED) is 0.460. The Balaban J connectivity index is 1.51. The van der Waals surface area contributed by atoms with E-state index in [0.717, 1.165) is 15.4 Å². The molecule has 1 amide bonds. The third-order valence-electron chi connectivity index (χ3n) is 5.73. The van der Waals surface area contributed by atoms with Crippen LogP contribution in [0.2, 0.25) is 0 Å². The Morgan fingerprint density at radius 2 is 1.74 bits per heavy atom. The van der Waals surface area contributed by atoms with Crippen molar-refractivity contribution in [1.29, 1.82) is 0 Å². The van der Waals surface area contributed by atoms with Crippen LogP contribution in [-0.4, -0.2) is 59.6 Å². The summed E-state index contributed by atoms with van der Waals surface area (Å²) in [5.41, 5.74) is -0.168. The lowest BCUT2D eigenvalue weighted by molar-refractivity contribution is -0.137. The molecule has 5 rings (SSSR count). The van der Waals surface area contributed by atoms with Gasteiger partial charge in [0.2, 0.25) is 0 Å². The Bertz CT molecular complexity index is 1520. The van der Waals surface area contributed by atoms with Crippen LogP contribution in [0.4, 0.5) is 0 Å². The molecule has 1 saturated heterocycles. The molecule has 0 aliphatic carbocycles. The summed E-state index contributed by atoms with van der Waals surface area (Å²) >= 11 is 0. The van der Waals surface area contributed by atoms with E-state index in [-0.39, 0.29) is 12.5 Å². The van der Waals surface area contributed by atoms with Crippen LogP contribution in [0, 0.1) is 0 Å². The highest BCUT2D eigenvalue weighted by Gasteiger charge is 2.18. The van der Waals surface area contributed by atoms with Gasteiger partial charge in [0.15, 0.2) is 6.61 Å². The van der Waals surface area contributed by atoms with Gasteiger partial charge < -0.3 is 19.4 Å². The summed E-state index contributed by atoms with van der Waals surface area (Å²) < 4.78 is 12.0. The van der Waals surface area contributed by atoms with Crippen molar-refractivity contribution in [3.8, 4) is 5.75 Å². The van der Waals surface area contributed by atoms with Gasteiger partial charge in [0.25, 0.3) is 11.5 Å². The molecule has 3 aromatic carbocycles. The lowest BCUT2D eigenvalue weighted by Crippen LogP contribution is -2.43. The molecule has 0 unspecified atom stereocenters. The molecule has 0 radical (unpaired) electrons. The fraction of sp³-hybridized carbons (Fsp3) is 0.200. The van der Waals surface area contributed by atoms with Crippen molar-refractivity contribution < 1.29 is 14.3 Å². The first-order valence-corrected chi connectivity index (χ1v) is 10.9. The Morgan fingerprint density at radius 1 is 1.00 bits per heavy atom. The fourth-order valence-corrected chi connectivity index (χ4v) is 3.95. The van der Waals surface area contributed by atoms with Gasteiger partial charge in [0.1, 0.15) is 5.75 Å². The standard InChI is InChI=1S/C25H22N4O5/c30-23(28-11-13-33-14-12-28)16-34-22-10-9-17-5-1-2-6-18(17)20(22)15-26-29-24(31)19-7-3-4-8-21(19)27-25(29)32/h1-10,15H,11-14,16H2,(H,27,32). The number of ether oxygens (including phenoxy) is 2. The number of rotatable bonds is 5. The molecule has 2 heterocycles. The maximum absolute atomic E-state index is 12.8. The first-order chi connectivity index (χ1) is 16.6. The fourth-order valence-electron chi connectivity index (χ4n) is 3.95. The lowest BCUT2D eigenvalue weighted by atomic mass is 10.0. The number of nitrogens with zero attached hydrogens (tertiary/aromatic N) is 3. The van der Waals surface area contributed by atoms with Crippen molar-refractivity contribution in [3.05, 3.63) is 87.1 Å². The minimum absolute atomic E-state index is 0.137. The number of carbonyl (C=O) groups is 1. The molecule has 1 aliphatic rings. The summed E-state index contributed by atoms with van der Waals surface area (Å²) in [4.78, 5) is 42.3. The Hall–Kier alpha value is -4.24. The summed E-state index contributed by atoms with van der Waals surface area (Å²) in [7, 11) is 0. The highest BCUT2D eigenvalue weighted by molar-refractivity contribution is 6.02. The zero-order valence-corrected chi connectivity index (χ0v) is 18.3. The molecular formula is C25H22N4O5. The first-order valence-electron chi connectivity index (χ1n) is 10.9. The lowest BCUT2D eigenvalue weighted by Gasteiger charge is -2.26. The third-order valence-corrected chi connectivity index (χ3v) is 5.73. The number of para-hydroxylation sites is 1. The predicted octanol–water partition coefficient (Wildman–Crippen LogP) is 1.96. The maximum Gasteiger partial charge on any atom is 0.349 e. The number of aromatic amines is 1. The third kappa shape index (κ3) is 4.20. The summed E-state index contributed by atoms with van der Waals surface area (Å²) in [6.07, 6.45) is 1.42. The molecule has 9 heteroatoms. The van der Waals surface area contributed by atoms with Gasteiger partial charge in [-0.2, -0.15) is 5.10 Å². The molecule has 0 atom stereocenters. The summed E-state index contributed by atoms with van der Waals surface area (Å²) in [5, 5.41) is 6.29. The molecule has 9 nitrogen and oxygen atoms in total. The van der Waals surface area contributed by atoms with Crippen LogP contribution in [0.5, 0.6) is 5.75 Å². The highest BCUT2D eigenvalue weighted by Crippen LogP contribution is 2.27. The number of fused-ring (bicyclic) bond motifs is 2. The molecule has 1 N–H and O–H groups in total. The van der Waals surface area contributed by atoms with Gasteiger partial charge in [0, 0.05) is 18.7 Å². The van der Waals surface area contributed by atoms with Crippen LogP contribution >= 0.6 is 0 Å². The van der Waals surface area contributed by atoms with Gasteiger partial charge in [-0.25, -0.2) is 4.79 Å². The topological polar surface area (TPSA) is 106 Å². The number of carbonyl (C=O) groups excluding carboxylic acids is 1. The summed E-state index contributed by atoms with van der Waals surface area (Å²) in [6.45, 7) is 1.93. The van der Waals surface area contributed by atoms with E-state index in [1.165, 1.54) is 6.21 Å². The van der Waals surface area contributed by atoms with Gasteiger partial charge in [-0.1, -0.05) is 42.5 Å². The number of morpholine rings is 1. The molecule has 4 aromatic rings. The average molecular weight is 458 g/mol. The summed E-state index contributed by atoms with van der Waals surface area (Å²) in [5.74, 6) is 0.288. The molecule has 0 saturated carbocycles. The number of amides is 1. The van der Waals surface area contributed by atoms with Gasteiger partial charge >= 0.3 is 5.69 Å². The molecule has 1 fully saturated rings. The van der Waals surface area contributed by atoms with Crippen molar-refractivity contribution in [2.75, 3.05) is 32.9 Å². The van der Waals surface area contributed by atoms with Crippen molar-refractivity contribution >= 4 is 33.8 Å². The first kappa shape index (κ1) is 21.6. The summed E-state index contributed by atoms with van der Waals surface area (Å²) in [6, 6.07) is 18.0. The SMILES string of the molecule is O=C(COc1ccc2ccccc2c1C=Nn1c(=O)[nH]c2ccccc2c1=O)N1CCOCC1. The smallest absolute Gasteiger partial charge is 0.349 e. The monoisotopic (exact) mass is 458 g/mol. The Kier molecular flexibility index (Phi) is 5.92.